The standard InChI is InChI=1S/C24H27N3O4S/c1-25-11-5-9-17-18(21(25)29)19-22(30)27(13-14-28)20-23(31)26(12-6-10-24(19,20)32-17)15-16-7-3-2-4-8-16/h2-10,17-20,28H,11-15H2,1H3/t17-,18+,19-,20?,24-/m0/s1. The van der Waals surface area contributed by atoms with E-state index in [1.807, 2.05) is 54.6 Å². The molecule has 4 aliphatic heterocycles. The number of hydrogen-bond donors (Lipinski definition) is 1. The quantitative estimate of drug-likeness (QED) is 0.686. The van der Waals surface area contributed by atoms with Gasteiger partial charge in [-0.25, -0.2) is 0 Å². The van der Waals surface area contributed by atoms with Crippen molar-refractivity contribution in [3.8, 4) is 0 Å². The van der Waals surface area contributed by atoms with Gasteiger partial charge in [-0.05, 0) is 5.56 Å². The van der Waals surface area contributed by atoms with Gasteiger partial charge in [-0.1, -0.05) is 54.6 Å². The molecule has 3 amide bonds. The lowest BCUT2D eigenvalue weighted by Crippen LogP contribution is -2.53. The molecule has 168 valence electrons. The van der Waals surface area contributed by atoms with E-state index < -0.39 is 22.6 Å². The van der Waals surface area contributed by atoms with Crippen molar-refractivity contribution in [3.63, 3.8) is 0 Å². The topological polar surface area (TPSA) is 81.2 Å². The number of likely N-dealkylation sites (N-methyl/N-ethyl adjacent to an activating group) is 1. The third-order valence-electron chi connectivity index (χ3n) is 7.00. The number of carbonyl (C=O) groups is 3. The second-order valence-electron chi connectivity index (χ2n) is 8.85. The van der Waals surface area contributed by atoms with Crippen molar-refractivity contribution in [2.75, 3.05) is 33.3 Å². The molecule has 1 N–H and O–H groups in total. The van der Waals surface area contributed by atoms with Crippen LogP contribution in [0.1, 0.15) is 5.56 Å². The Morgan fingerprint density at radius 2 is 1.84 bits per heavy atom. The summed E-state index contributed by atoms with van der Waals surface area (Å²) in [5, 5.41) is 9.54. The second-order valence-corrected chi connectivity index (χ2v) is 10.3. The summed E-state index contributed by atoms with van der Waals surface area (Å²) >= 11 is 1.56. The summed E-state index contributed by atoms with van der Waals surface area (Å²) in [7, 11) is 1.75. The lowest BCUT2D eigenvalue weighted by atomic mass is 9.78. The number of thioether (sulfide) groups is 1. The van der Waals surface area contributed by atoms with Crippen LogP contribution in [0.25, 0.3) is 0 Å². The minimum Gasteiger partial charge on any atom is -0.395 e. The van der Waals surface area contributed by atoms with E-state index >= 15 is 0 Å². The SMILES string of the molecule is CN1CC=C[C@@H]2S[C@]34C=CCN(Cc5ccccc5)C(=O)C3N(CCO)C(=O)[C@@H]4[C@@H]2C1=O. The zero-order chi connectivity index (χ0) is 22.5. The van der Waals surface area contributed by atoms with Gasteiger partial charge >= 0.3 is 0 Å². The summed E-state index contributed by atoms with van der Waals surface area (Å²) in [6.45, 7) is 1.26. The molecule has 2 fully saturated rings. The summed E-state index contributed by atoms with van der Waals surface area (Å²) in [5.74, 6) is -1.53. The highest BCUT2D eigenvalue weighted by Crippen LogP contribution is 2.60. The van der Waals surface area contributed by atoms with Crippen molar-refractivity contribution >= 4 is 29.5 Å². The number of aliphatic hydroxyl groups excluding tert-OH is 1. The Hall–Kier alpha value is -2.58. The molecule has 0 radical (unpaired) electrons. The van der Waals surface area contributed by atoms with Crippen molar-refractivity contribution in [2.45, 2.75) is 22.6 Å². The normalized spacial score (nSPS) is 33.8. The number of likely N-dealkylation sites (tertiary alicyclic amines) is 1. The fourth-order valence-electron chi connectivity index (χ4n) is 5.60. The fourth-order valence-corrected chi connectivity index (χ4v) is 7.61. The van der Waals surface area contributed by atoms with E-state index in [0.717, 1.165) is 5.56 Å². The zero-order valence-corrected chi connectivity index (χ0v) is 18.8. The van der Waals surface area contributed by atoms with E-state index in [1.54, 1.807) is 28.6 Å². The van der Waals surface area contributed by atoms with Crippen LogP contribution < -0.4 is 0 Å². The Morgan fingerprint density at radius 1 is 1.06 bits per heavy atom. The van der Waals surface area contributed by atoms with Crippen LogP contribution in [0.4, 0.5) is 0 Å². The second kappa shape index (κ2) is 8.08. The van der Waals surface area contributed by atoms with Gasteiger partial charge in [-0.2, -0.15) is 0 Å². The van der Waals surface area contributed by atoms with Crippen molar-refractivity contribution in [1.82, 2.24) is 14.7 Å². The van der Waals surface area contributed by atoms with E-state index in [1.165, 1.54) is 4.90 Å². The molecule has 32 heavy (non-hydrogen) atoms. The molecule has 5 rings (SSSR count). The Bertz CT molecular complexity index is 996. The first-order chi connectivity index (χ1) is 15.5. The number of amides is 3. The van der Waals surface area contributed by atoms with Gasteiger partial charge < -0.3 is 19.8 Å². The van der Waals surface area contributed by atoms with E-state index in [9.17, 15) is 19.5 Å². The molecule has 0 aromatic heterocycles. The number of nitrogens with zero attached hydrogens (tertiary/aromatic N) is 3. The molecule has 0 aliphatic carbocycles. The molecule has 2 saturated heterocycles. The molecule has 0 bridgehead atoms. The van der Waals surface area contributed by atoms with Crippen LogP contribution in [-0.4, -0.2) is 86.9 Å². The Balaban J connectivity index is 1.56. The summed E-state index contributed by atoms with van der Waals surface area (Å²) in [6, 6.07) is 9.04. The van der Waals surface area contributed by atoms with Crippen LogP contribution in [0.15, 0.2) is 54.6 Å². The van der Waals surface area contributed by atoms with Crippen LogP contribution in [0.3, 0.4) is 0 Å². The molecule has 8 heteroatoms. The first-order valence-electron chi connectivity index (χ1n) is 11.0. The zero-order valence-electron chi connectivity index (χ0n) is 18.0. The maximum absolute atomic E-state index is 13.9. The summed E-state index contributed by atoms with van der Waals surface area (Å²) in [5.41, 5.74) is 1.02. The van der Waals surface area contributed by atoms with E-state index in [-0.39, 0.29) is 36.1 Å². The first kappa shape index (κ1) is 21.3. The van der Waals surface area contributed by atoms with E-state index in [0.29, 0.717) is 19.6 Å². The van der Waals surface area contributed by atoms with Gasteiger partial charge in [0, 0.05) is 38.5 Å². The number of carbonyl (C=O) groups excluding carboxylic acids is 3. The van der Waals surface area contributed by atoms with Crippen LogP contribution in [0, 0.1) is 11.8 Å². The van der Waals surface area contributed by atoms with Crippen LogP contribution in [0.2, 0.25) is 0 Å². The summed E-state index contributed by atoms with van der Waals surface area (Å²) in [6.07, 6.45) is 7.97. The van der Waals surface area contributed by atoms with Crippen LogP contribution in [0.5, 0.6) is 0 Å². The lowest BCUT2D eigenvalue weighted by molar-refractivity contribution is -0.144. The molecule has 4 heterocycles. The molecule has 5 atom stereocenters. The molecule has 1 unspecified atom stereocenters. The summed E-state index contributed by atoms with van der Waals surface area (Å²) in [4.78, 5) is 45.8. The number of fused-ring (bicyclic) bond motifs is 2. The molecule has 0 saturated carbocycles. The van der Waals surface area contributed by atoms with Crippen molar-refractivity contribution in [1.29, 1.82) is 0 Å². The predicted molar refractivity (Wildman–Crippen MR) is 121 cm³/mol. The Labute approximate surface area is 191 Å². The largest absolute Gasteiger partial charge is 0.395 e. The maximum Gasteiger partial charge on any atom is 0.247 e. The van der Waals surface area contributed by atoms with E-state index in [2.05, 4.69) is 0 Å². The average Bonchev–Trinajstić information content (AvgIpc) is 3.11. The van der Waals surface area contributed by atoms with Crippen molar-refractivity contribution < 1.29 is 19.5 Å². The molecule has 7 nitrogen and oxygen atoms in total. The summed E-state index contributed by atoms with van der Waals surface area (Å²) < 4.78 is -0.817. The highest BCUT2D eigenvalue weighted by Gasteiger charge is 2.70. The molecule has 1 spiro atoms. The van der Waals surface area contributed by atoms with Gasteiger partial charge in [0.25, 0.3) is 0 Å². The number of benzene rings is 1. The van der Waals surface area contributed by atoms with Crippen LogP contribution in [-0.2, 0) is 20.9 Å². The van der Waals surface area contributed by atoms with Gasteiger partial charge in [-0.3, -0.25) is 14.4 Å². The average molecular weight is 454 g/mol. The number of aliphatic hydroxyl groups is 1. The monoisotopic (exact) mass is 453 g/mol. The van der Waals surface area contributed by atoms with Crippen molar-refractivity contribution in [3.05, 3.63) is 60.2 Å². The number of rotatable bonds is 4. The first-order valence-corrected chi connectivity index (χ1v) is 11.9. The fraction of sp³-hybridized carbons (Fsp3) is 0.458. The minimum atomic E-state index is -0.817. The molecule has 4 aliphatic rings. The van der Waals surface area contributed by atoms with Gasteiger partial charge in [0.2, 0.25) is 17.7 Å². The lowest BCUT2D eigenvalue weighted by Gasteiger charge is -2.35. The van der Waals surface area contributed by atoms with Gasteiger partial charge in [-0.15, -0.1) is 11.8 Å². The van der Waals surface area contributed by atoms with Crippen LogP contribution >= 0.6 is 11.8 Å². The molecule has 1 aromatic rings. The number of β-amino-alcohol motifs (C(OH)–C–C–N with tert-alkyl or cyclic N) is 1. The minimum absolute atomic E-state index is 0.0569. The van der Waals surface area contributed by atoms with E-state index in [4.69, 9.17) is 0 Å². The van der Waals surface area contributed by atoms with Gasteiger partial charge in [0.1, 0.15) is 6.04 Å². The third kappa shape index (κ3) is 3.11. The smallest absolute Gasteiger partial charge is 0.247 e. The van der Waals surface area contributed by atoms with Crippen molar-refractivity contribution in [2.24, 2.45) is 11.8 Å². The molecular formula is C24H27N3O4S. The number of hydrogen-bond acceptors (Lipinski definition) is 5. The highest BCUT2D eigenvalue weighted by atomic mass is 32.2. The van der Waals surface area contributed by atoms with Gasteiger partial charge in [0.15, 0.2) is 0 Å². The predicted octanol–water partition coefficient (Wildman–Crippen LogP) is 0.903. The molecule has 1 aromatic carbocycles. The third-order valence-corrected chi connectivity index (χ3v) is 8.74. The molecular weight excluding hydrogens is 426 g/mol. The Kier molecular flexibility index (Phi) is 5.37. The maximum atomic E-state index is 13.9. The highest BCUT2D eigenvalue weighted by molar-refractivity contribution is 8.02. The van der Waals surface area contributed by atoms with Gasteiger partial charge in [0.05, 0.1) is 23.2 Å². The Morgan fingerprint density at radius 3 is 2.59 bits per heavy atom.